The van der Waals surface area contributed by atoms with Crippen molar-refractivity contribution in [1.29, 1.82) is 0 Å². The fraction of sp³-hybridized carbons (Fsp3) is 0.611. The average Bonchev–Trinajstić information content (AvgIpc) is 3.13. The number of rotatable bonds is 9. The van der Waals surface area contributed by atoms with Gasteiger partial charge in [0.05, 0.1) is 12.9 Å². The van der Waals surface area contributed by atoms with Crippen LogP contribution in [0.4, 0.5) is 8.78 Å². The highest BCUT2D eigenvalue weighted by Gasteiger charge is 2.28. The summed E-state index contributed by atoms with van der Waals surface area (Å²) >= 11 is 0. The van der Waals surface area contributed by atoms with Crippen LogP contribution in [-0.2, 0) is 16.6 Å². The maximum atomic E-state index is 12.8. The Hall–Kier alpha value is -1.41. The van der Waals surface area contributed by atoms with Crippen molar-refractivity contribution in [1.82, 2.24) is 14.9 Å². The maximum absolute atomic E-state index is 12.8. The van der Waals surface area contributed by atoms with E-state index in [0.29, 0.717) is 37.8 Å². The number of nitrogens with one attached hydrogen (secondary N) is 2. The molecule has 1 aromatic carbocycles. The predicted molar refractivity (Wildman–Crippen MR) is 122 cm³/mol. The Balaban J connectivity index is 0.00000450. The minimum atomic E-state index is -3.18. The second-order valence-electron chi connectivity index (χ2n) is 6.64. The molecular weight excluding hydrogens is 533 g/mol. The van der Waals surface area contributed by atoms with Crippen LogP contribution in [0.3, 0.4) is 0 Å². The van der Waals surface area contributed by atoms with Gasteiger partial charge < -0.3 is 20.1 Å². The predicted octanol–water partition coefficient (Wildman–Crippen LogP) is 2.25. The number of sulfonamides is 1. The Bertz CT molecular complexity index is 811. The molecule has 1 atom stereocenters. The van der Waals surface area contributed by atoms with Gasteiger partial charge in [-0.15, -0.1) is 24.0 Å². The third-order valence-electron chi connectivity index (χ3n) is 4.51. The van der Waals surface area contributed by atoms with E-state index >= 15 is 0 Å². The van der Waals surface area contributed by atoms with E-state index in [2.05, 4.69) is 20.4 Å². The summed E-state index contributed by atoms with van der Waals surface area (Å²) in [4.78, 5) is 4.12. The molecule has 0 spiro atoms. The minimum Gasteiger partial charge on any atom is -0.490 e. The number of nitrogens with zero attached hydrogens (tertiary/aromatic N) is 2. The molecule has 1 aromatic rings. The molecule has 1 aliphatic heterocycles. The fourth-order valence-corrected chi connectivity index (χ4v) is 4.02. The van der Waals surface area contributed by atoms with Crippen LogP contribution in [0.5, 0.6) is 11.5 Å². The first-order valence-electron chi connectivity index (χ1n) is 9.33. The van der Waals surface area contributed by atoms with Gasteiger partial charge in [0.1, 0.15) is 0 Å². The highest BCUT2D eigenvalue weighted by molar-refractivity contribution is 14.0. The first-order chi connectivity index (χ1) is 13.7. The second-order valence-corrected chi connectivity index (χ2v) is 8.62. The third kappa shape index (κ3) is 8.02. The molecule has 30 heavy (non-hydrogen) atoms. The molecule has 1 heterocycles. The zero-order chi connectivity index (χ0) is 21.4. The maximum Gasteiger partial charge on any atom is 0.387 e. The van der Waals surface area contributed by atoms with E-state index in [0.717, 1.165) is 6.42 Å². The summed E-state index contributed by atoms with van der Waals surface area (Å²) in [5.74, 6) is 0.892. The fourth-order valence-electron chi connectivity index (χ4n) is 3.10. The SMILES string of the molecule is CCOc1cccc(CNC(=NC)NCC2CCN(S(C)(=O)=O)C2)c1OC(F)F.I. The van der Waals surface area contributed by atoms with Crippen molar-refractivity contribution in [2.45, 2.75) is 26.5 Å². The number of alkyl halides is 2. The number of benzene rings is 1. The number of aliphatic imine (C=N–C) groups is 1. The lowest BCUT2D eigenvalue weighted by Gasteiger charge is -2.18. The number of ether oxygens (including phenoxy) is 2. The Morgan fingerprint density at radius 2 is 2.10 bits per heavy atom. The van der Waals surface area contributed by atoms with Gasteiger partial charge in [-0.2, -0.15) is 8.78 Å². The van der Waals surface area contributed by atoms with Crippen LogP contribution in [0.2, 0.25) is 0 Å². The molecule has 0 saturated carbocycles. The van der Waals surface area contributed by atoms with Crippen LogP contribution in [0.15, 0.2) is 23.2 Å². The van der Waals surface area contributed by atoms with Crippen LogP contribution in [-0.4, -0.2) is 64.8 Å². The zero-order valence-electron chi connectivity index (χ0n) is 17.2. The van der Waals surface area contributed by atoms with Crippen molar-refractivity contribution >= 4 is 40.0 Å². The molecule has 1 aliphatic rings. The van der Waals surface area contributed by atoms with Gasteiger partial charge >= 0.3 is 6.61 Å². The van der Waals surface area contributed by atoms with Crippen LogP contribution < -0.4 is 20.1 Å². The van der Waals surface area contributed by atoms with Gasteiger partial charge in [0, 0.05) is 38.8 Å². The quantitative estimate of drug-likeness (QED) is 0.273. The molecule has 0 aromatic heterocycles. The number of hydrogen-bond donors (Lipinski definition) is 2. The van der Waals surface area contributed by atoms with E-state index in [1.807, 2.05) is 0 Å². The Morgan fingerprint density at radius 3 is 2.67 bits per heavy atom. The van der Waals surface area contributed by atoms with Crippen molar-refractivity contribution in [2.75, 3.05) is 39.5 Å². The van der Waals surface area contributed by atoms with E-state index in [9.17, 15) is 17.2 Å². The van der Waals surface area contributed by atoms with Crippen molar-refractivity contribution < 1.29 is 26.7 Å². The van der Waals surface area contributed by atoms with Crippen molar-refractivity contribution in [2.24, 2.45) is 10.9 Å². The lowest BCUT2D eigenvalue weighted by Crippen LogP contribution is -2.40. The molecule has 8 nitrogen and oxygen atoms in total. The molecule has 12 heteroatoms. The third-order valence-corrected chi connectivity index (χ3v) is 5.78. The monoisotopic (exact) mass is 562 g/mol. The largest absolute Gasteiger partial charge is 0.490 e. The lowest BCUT2D eigenvalue weighted by atomic mass is 10.1. The van der Waals surface area contributed by atoms with E-state index < -0.39 is 16.6 Å². The average molecular weight is 562 g/mol. The summed E-state index contributed by atoms with van der Waals surface area (Å²) in [6.45, 7) is 0.838. The summed E-state index contributed by atoms with van der Waals surface area (Å²) in [6.07, 6.45) is 1.97. The molecule has 1 fully saturated rings. The molecule has 1 saturated heterocycles. The molecule has 0 bridgehead atoms. The number of para-hydroxylation sites is 1. The lowest BCUT2D eigenvalue weighted by molar-refractivity contribution is -0.0520. The van der Waals surface area contributed by atoms with E-state index in [-0.39, 0.29) is 47.9 Å². The highest BCUT2D eigenvalue weighted by atomic mass is 127. The van der Waals surface area contributed by atoms with Crippen molar-refractivity contribution in [3.63, 3.8) is 0 Å². The Morgan fingerprint density at radius 1 is 1.37 bits per heavy atom. The minimum absolute atomic E-state index is 0. The molecular formula is C18H29F2IN4O4S. The summed E-state index contributed by atoms with van der Waals surface area (Å²) < 4.78 is 60.3. The normalized spacial score (nSPS) is 17.5. The molecule has 0 amide bonds. The van der Waals surface area contributed by atoms with Crippen molar-refractivity contribution in [3.8, 4) is 11.5 Å². The smallest absolute Gasteiger partial charge is 0.387 e. The van der Waals surface area contributed by atoms with E-state index in [1.165, 1.54) is 10.6 Å². The van der Waals surface area contributed by atoms with Gasteiger partial charge in [0.25, 0.3) is 0 Å². The molecule has 0 aliphatic carbocycles. The summed E-state index contributed by atoms with van der Waals surface area (Å²) in [7, 11) is -1.58. The Labute approximate surface area is 193 Å². The first-order valence-corrected chi connectivity index (χ1v) is 11.2. The van der Waals surface area contributed by atoms with Gasteiger partial charge in [-0.1, -0.05) is 12.1 Å². The standard InChI is InChI=1S/C18H28F2N4O4S.HI/c1-4-27-15-7-5-6-14(16(15)28-17(19)20)11-23-18(21-2)22-10-13-8-9-24(12-13)29(3,25)26;/h5-7,13,17H,4,8-12H2,1-3H3,(H2,21,22,23);1H. The highest BCUT2D eigenvalue weighted by Crippen LogP contribution is 2.32. The van der Waals surface area contributed by atoms with Gasteiger partial charge in [-0.25, -0.2) is 12.7 Å². The number of halogens is 3. The van der Waals surface area contributed by atoms with Crippen LogP contribution in [0.1, 0.15) is 18.9 Å². The van der Waals surface area contributed by atoms with E-state index in [4.69, 9.17) is 4.74 Å². The van der Waals surface area contributed by atoms with Crippen LogP contribution in [0, 0.1) is 5.92 Å². The molecule has 0 radical (unpaired) electrons. The first kappa shape index (κ1) is 26.6. The molecule has 2 rings (SSSR count). The van der Waals surface area contributed by atoms with Crippen molar-refractivity contribution in [3.05, 3.63) is 23.8 Å². The number of hydrogen-bond acceptors (Lipinski definition) is 5. The molecule has 1 unspecified atom stereocenters. The second kappa shape index (κ2) is 12.4. The topological polar surface area (TPSA) is 92.3 Å². The van der Waals surface area contributed by atoms with Gasteiger partial charge in [-0.3, -0.25) is 4.99 Å². The van der Waals surface area contributed by atoms with Gasteiger partial charge in [-0.05, 0) is 25.3 Å². The van der Waals surface area contributed by atoms with Crippen LogP contribution in [0.25, 0.3) is 0 Å². The summed E-state index contributed by atoms with van der Waals surface area (Å²) in [6, 6.07) is 4.95. The number of guanidine groups is 1. The molecule has 2 N–H and O–H groups in total. The summed E-state index contributed by atoms with van der Waals surface area (Å²) in [5, 5.41) is 6.21. The van der Waals surface area contributed by atoms with E-state index in [1.54, 1.807) is 32.2 Å². The summed E-state index contributed by atoms with van der Waals surface area (Å²) in [5.41, 5.74) is 0.503. The molecule has 172 valence electrons. The van der Waals surface area contributed by atoms with Gasteiger partial charge in [0.2, 0.25) is 10.0 Å². The van der Waals surface area contributed by atoms with Crippen LogP contribution >= 0.6 is 24.0 Å². The van der Waals surface area contributed by atoms with Gasteiger partial charge in [0.15, 0.2) is 17.5 Å². The Kier molecular flexibility index (Phi) is 11.0. The zero-order valence-corrected chi connectivity index (χ0v) is 20.4.